The normalized spacial score (nSPS) is 17.3. The lowest BCUT2D eigenvalue weighted by molar-refractivity contribution is 0.322. The number of hydrogen-bond acceptors (Lipinski definition) is 4. The SMILES string of the molecule is CNC1CCN(Cc2ccc(-c3cc4c(C#N)cccc4c(=O)[nH]3)cc2)C1. The highest BCUT2D eigenvalue weighted by Gasteiger charge is 2.20. The molecule has 0 spiro atoms. The van der Waals surface area contributed by atoms with Crippen LogP contribution in [0.25, 0.3) is 22.0 Å². The number of aromatic amines is 1. The Labute approximate surface area is 158 Å². The summed E-state index contributed by atoms with van der Waals surface area (Å²) in [6.07, 6.45) is 1.19. The number of benzene rings is 2. The summed E-state index contributed by atoms with van der Waals surface area (Å²) in [7, 11) is 2.02. The fraction of sp³-hybridized carbons (Fsp3) is 0.273. The van der Waals surface area contributed by atoms with Gasteiger partial charge in [0.2, 0.25) is 0 Å². The molecule has 1 fully saturated rings. The highest BCUT2D eigenvalue weighted by molar-refractivity contribution is 5.89. The number of H-pyrrole nitrogens is 1. The number of nitrogens with one attached hydrogen (secondary N) is 2. The minimum atomic E-state index is -0.168. The van der Waals surface area contributed by atoms with Crippen LogP contribution in [0.5, 0.6) is 0 Å². The van der Waals surface area contributed by atoms with Gasteiger partial charge in [0.25, 0.3) is 5.56 Å². The monoisotopic (exact) mass is 358 g/mol. The van der Waals surface area contributed by atoms with Crippen LogP contribution in [0.4, 0.5) is 0 Å². The lowest BCUT2D eigenvalue weighted by Crippen LogP contribution is -2.29. The second-order valence-corrected chi connectivity index (χ2v) is 7.10. The van der Waals surface area contributed by atoms with Crippen molar-refractivity contribution < 1.29 is 0 Å². The zero-order valence-corrected chi connectivity index (χ0v) is 15.3. The largest absolute Gasteiger partial charge is 0.321 e. The van der Waals surface area contributed by atoms with E-state index in [1.165, 1.54) is 12.0 Å². The number of fused-ring (bicyclic) bond motifs is 1. The van der Waals surface area contributed by atoms with E-state index in [0.717, 1.165) is 30.9 Å². The molecule has 1 aliphatic rings. The van der Waals surface area contributed by atoms with Crippen molar-refractivity contribution in [1.29, 1.82) is 5.26 Å². The van der Waals surface area contributed by atoms with Crippen molar-refractivity contribution in [2.75, 3.05) is 20.1 Å². The number of aromatic nitrogens is 1. The van der Waals surface area contributed by atoms with Crippen LogP contribution in [0.15, 0.2) is 53.3 Å². The topological polar surface area (TPSA) is 71.9 Å². The van der Waals surface area contributed by atoms with Gasteiger partial charge in [0.15, 0.2) is 0 Å². The van der Waals surface area contributed by atoms with Gasteiger partial charge in [0, 0.05) is 42.1 Å². The third-order valence-corrected chi connectivity index (χ3v) is 5.36. The van der Waals surface area contributed by atoms with Crippen LogP contribution in [0.2, 0.25) is 0 Å². The number of nitrogens with zero attached hydrogens (tertiary/aromatic N) is 2. The molecule has 3 aromatic rings. The number of nitriles is 1. The minimum Gasteiger partial charge on any atom is -0.321 e. The molecule has 0 aliphatic carbocycles. The Kier molecular flexibility index (Phi) is 4.76. The van der Waals surface area contributed by atoms with Gasteiger partial charge in [-0.15, -0.1) is 0 Å². The third kappa shape index (κ3) is 3.50. The van der Waals surface area contributed by atoms with Crippen molar-refractivity contribution in [3.8, 4) is 17.3 Å². The summed E-state index contributed by atoms with van der Waals surface area (Å²) in [5.74, 6) is 0. The Balaban J connectivity index is 1.61. The Bertz CT molecular complexity index is 1060. The third-order valence-electron chi connectivity index (χ3n) is 5.36. The molecule has 0 radical (unpaired) electrons. The Morgan fingerprint density at radius 3 is 2.74 bits per heavy atom. The first-order valence-corrected chi connectivity index (χ1v) is 9.23. The first kappa shape index (κ1) is 17.5. The molecule has 0 amide bonds. The predicted molar refractivity (Wildman–Crippen MR) is 107 cm³/mol. The van der Waals surface area contributed by atoms with E-state index in [2.05, 4.69) is 33.4 Å². The molecule has 1 aromatic heterocycles. The number of pyridine rings is 1. The van der Waals surface area contributed by atoms with Crippen molar-refractivity contribution >= 4 is 10.8 Å². The summed E-state index contributed by atoms with van der Waals surface area (Å²) in [6.45, 7) is 3.13. The van der Waals surface area contributed by atoms with Crippen LogP contribution in [-0.2, 0) is 6.54 Å². The first-order valence-electron chi connectivity index (χ1n) is 9.23. The molecule has 0 bridgehead atoms. The second kappa shape index (κ2) is 7.36. The van der Waals surface area contributed by atoms with E-state index < -0.39 is 0 Å². The molecule has 136 valence electrons. The molecule has 2 N–H and O–H groups in total. The summed E-state index contributed by atoms with van der Waals surface area (Å²) in [6, 6.07) is 18.2. The molecule has 27 heavy (non-hydrogen) atoms. The highest BCUT2D eigenvalue weighted by atomic mass is 16.1. The molecule has 2 heterocycles. The smallest absolute Gasteiger partial charge is 0.256 e. The van der Waals surface area contributed by atoms with E-state index in [0.29, 0.717) is 22.4 Å². The number of hydrogen-bond donors (Lipinski definition) is 2. The lowest BCUT2D eigenvalue weighted by atomic mass is 10.0. The minimum absolute atomic E-state index is 0.168. The number of likely N-dealkylation sites (N-methyl/N-ethyl adjacent to an activating group) is 1. The van der Waals surface area contributed by atoms with Gasteiger partial charge in [-0.3, -0.25) is 9.69 Å². The average molecular weight is 358 g/mol. The zero-order chi connectivity index (χ0) is 18.8. The molecule has 4 rings (SSSR count). The predicted octanol–water partition coefficient (Wildman–Crippen LogP) is 2.86. The van der Waals surface area contributed by atoms with Crippen molar-refractivity contribution in [1.82, 2.24) is 15.2 Å². The van der Waals surface area contributed by atoms with Gasteiger partial charge in [-0.2, -0.15) is 5.26 Å². The van der Waals surface area contributed by atoms with Crippen LogP contribution in [-0.4, -0.2) is 36.1 Å². The van der Waals surface area contributed by atoms with E-state index in [1.807, 2.05) is 25.2 Å². The van der Waals surface area contributed by atoms with E-state index in [-0.39, 0.29) is 5.56 Å². The highest BCUT2D eigenvalue weighted by Crippen LogP contribution is 2.23. The molecular weight excluding hydrogens is 336 g/mol. The van der Waals surface area contributed by atoms with Crippen LogP contribution in [0, 0.1) is 11.3 Å². The van der Waals surface area contributed by atoms with Crippen LogP contribution in [0.3, 0.4) is 0 Å². The molecule has 5 heteroatoms. The van der Waals surface area contributed by atoms with Crippen LogP contribution < -0.4 is 10.9 Å². The summed E-state index contributed by atoms with van der Waals surface area (Å²) < 4.78 is 0. The van der Waals surface area contributed by atoms with Gasteiger partial charge in [0.05, 0.1) is 11.6 Å². The molecule has 1 atom stereocenters. The van der Waals surface area contributed by atoms with E-state index in [4.69, 9.17) is 0 Å². The quantitative estimate of drug-likeness (QED) is 0.752. The van der Waals surface area contributed by atoms with E-state index in [1.54, 1.807) is 18.2 Å². The first-order chi connectivity index (χ1) is 13.2. The molecule has 1 unspecified atom stereocenters. The van der Waals surface area contributed by atoms with Gasteiger partial charge >= 0.3 is 0 Å². The number of likely N-dealkylation sites (tertiary alicyclic amines) is 1. The van der Waals surface area contributed by atoms with Gasteiger partial charge in [-0.1, -0.05) is 30.3 Å². The van der Waals surface area contributed by atoms with Gasteiger partial charge in [-0.25, -0.2) is 0 Å². The second-order valence-electron chi connectivity index (χ2n) is 7.10. The van der Waals surface area contributed by atoms with E-state index >= 15 is 0 Å². The summed E-state index contributed by atoms with van der Waals surface area (Å²) >= 11 is 0. The summed E-state index contributed by atoms with van der Waals surface area (Å²) in [5, 5.41) is 13.9. The lowest BCUT2D eigenvalue weighted by Gasteiger charge is -2.16. The zero-order valence-electron chi connectivity index (χ0n) is 15.3. The fourth-order valence-electron chi connectivity index (χ4n) is 3.80. The van der Waals surface area contributed by atoms with Crippen molar-refractivity contribution in [2.24, 2.45) is 0 Å². The molecular formula is C22H22N4O. The van der Waals surface area contributed by atoms with Gasteiger partial charge < -0.3 is 10.3 Å². The summed E-state index contributed by atoms with van der Waals surface area (Å²) in [5.41, 5.74) is 3.29. The van der Waals surface area contributed by atoms with Crippen LogP contribution in [0.1, 0.15) is 17.5 Å². The van der Waals surface area contributed by atoms with Gasteiger partial charge in [-0.05, 0) is 42.8 Å². The maximum absolute atomic E-state index is 12.4. The maximum atomic E-state index is 12.4. The van der Waals surface area contributed by atoms with Gasteiger partial charge in [0.1, 0.15) is 0 Å². The standard InChI is InChI=1S/C22H22N4O/c1-24-18-9-10-26(14-18)13-15-5-7-16(8-6-15)21-11-20-17(12-23)3-2-4-19(20)22(27)25-21/h2-8,11,18,24H,9-10,13-14H2,1H3,(H,25,27). The molecule has 5 nitrogen and oxygen atoms in total. The molecule has 0 saturated carbocycles. The Morgan fingerprint density at radius 2 is 2.04 bits per heavy atom. The number of rotatable bonds is 4. The van der Waals surface area contributed by atoms with Crippen molar-refractivity contribution in [3.63, 3.8) is 0 Å². The molecule has 1 aliphatic heterocycles. The molecule has 1 saturated heterocycles. The molecule has 2 aromatic carbocycles. The van der Waals surface area contributed by atoms with Crippen molar-refractivity contribution in [3.05, 3.63) is 70.0 Å². The van der Waals surface area contributed by atoms with Crippen LogP contribution >= 0.6 is 0 Å². The van der Waals surface area contributed by atoms with Crippen molar-refractivity contribution in [2.45, 2.75) is 19.0 Å². The maximum Gasteiger partial charge on any atom is 0.256 e. The fourth-order valence-corrected chi connectivity index (χ4v) is 3.80. The Hall–Kier alpha value is -2.94. The van der Waals surface area contributed by atoms with E-state index in [9.17, 15) is 10.1 Å². The Morgan fingerprint density at radius 1 is 1.22 bits per heavy atom. The average Bonchev–Trinajstić information content (AvgIpc) is 3.15. The summed E-state index contributed by atoms with van der Waals surface area (Å²) in [4.78, 5) is 17.8.